The number of rotatable bonds is 3. The van der Waals surface area contributed by atoms with Gasteiger partial charge in [-0.05, 0) is 35.9 Å². The van der Waals surface area contributed by atoms with E-state index in [1.54, 1.807) is 27.7 Å². The molecule has 0 bridgehead atoms. The minimum Gasteiger partial charge on any atom is -0.201 e. The summed E-state index contributed by atoms with van der Waals surface area (Å²) >= 11 is 0. The van der Waals surface area contributed by atoms with E-state index in [-0.39, 0.29) is 5.56 Å². The Bertz CT molecular complexity index is 923. The van der Waals surface area contributed by atoms with Crippen molar-refractivity contribution in [3.8, 4) is 11.3 Å². The maximum absolute atomic E-state index is 13.9. The normalized spacial score (nSPS) is 14.8. The number of benzene rings is 1. The Balaban J connectivity index is 2.78. The van der Waals surface area contributed by atoms with Gasteiger partial charge in [0.1, 0.15) is 7.05 Å². The van der Waals surface area contributed by atoms with Crippen LogP contribution < -0.4 is 9.75 Å². The van der Waals surface area contributed by atoms with Crippen molar-refractivity contribution >= 4 is 13.3 Å². The quantitative estimate of drug-likeness (QED) is 0.467. The molecule has 1 heterocycles. The van der Waals surface area contributed by atoms with Crippen LogP contribution in [0.3, 0.4) is 0 Å². The summed E-state index contributed by atoms with van der Waals surface area (Å²) in [5.41, 5.74) is -0.428. The van der Waals surface area contributed by atoms with E-state index in [4.69, 9.17) is 2.74 Å². The Hall–Kier alpha value is -1.62. The molecule has 0 atom stereocenters. The van der Waals surface area contributed by atoms with E-state index in [9.17, 15) is 13.2 Å². The molecule has 148 valence electrons. The van der Waals surface area contributed by atoms with Crippen molar-refractivity contribution in [3.63, 3.8) is 0 Å². The molecule has 0 amide bonds. The van der Waals surface area contributed by atoms with Crippen molar-refractivity contribution in [2.45, 2.75) is 59.9 Å². The molecular weight excluding hydrogens is 363 g/mol. The second-order valence-corrected chi connectivity index (χ2v) is 14.3. The maximum Gasteiger partial charge on any atom is 0.416 e. The largest absolute Gasteiger partial charge is 0.416 e. The van der Waals surface area contributed by atoms with Crippen LogP contribution in [-0.2, 0) is 19.6 Å². The highest BCUT2D eigenvalue weighted by molar-refractivity contribution is 6.88. The number of hydrogen-bond donors (Lipinski definition) is 0. The molecular formula is C22H31F3NSi+. The first kappa shape index (κ1) is 18.7. The van der Waals surface area contributed by atoms with Crippen molar-refractivity contribution in [2.75, 3.05) is 0 Å². The number of aromatic nitrogens is 1. The Morgan fingerprint density at radius 1 is 1.07 bits per heavy atom. The maximum atomic E-state index is 13.9. The minimum atomic E-state index is -4.65. The first-order chi connectivity index (χ1) is 12.9. The van der Waals surface area contributed by atoms with Crippen LogP contribution in [0.4, 0.5) is 13.2 Å². The summed E-state index contributed by atoms with van der Waals surface area (Å²) in [5.74, 6) is 0. The van der Waals surface area contributed by atoms with E-state index >= 15 is 0 Å². The molecule has 0 saturated carbocycles. The second kappa shape index (κ2) is 7.08. The summed E-state index contributed by atoms with van der Waals surface area (Å²) in [6, 6.07) is 6.35. The third-order valence-corrected chi connectivity index (χ3v) is 6.48. The fourth-order valence-corrected chi connectivity index (χ4v) is 4.22. The van der Waals surface area contributed by atoms with Gasteiger partial charge in [-0.15, -0.1) is 0 Å². The molecule has 1 nitrogen and oxygen atoms in total. The highest BCUT2D eigenvalue weighted by Crippen LogP contribution is 2.38. The summed E-state index contributed by atoms with van der Waals surface area (Å²) in [6.07, 6.45) is -4.78. The lowest BCUT2D eigenvalue weighted by atomic mass is 9.84. The van der Waals surface area contributed by atoms with Gasteiger partial charge in [0, 0.05) is 19.6 Å². The van der Waals surface area contributed by atoms with Gasteiger partial charge in [0.25, 0.3) is 0 Å². The molecule has 27 heavy (non-hydrogen) atoms. The first-order valence-electron chi connectivity index (χ1n) is 10.1. The summed E-state index contributed by atoms with van der Waals surface area (Å²) < 4.78 is 60.5. The standard InChI is InChI=1S/C22H31F3NSi/c1-15-11-16(13-21(2,3)4)19(22(23,24)25)12-18(15)20-10-9-17(14-26(20)5)27(6,7)8/h9-12,14H,13H2,1-8H3/q+1/i13D2. The van der Waals surface area contributed by atoms with Gasteiger partial charge in [-0.3, -0.25) is 0 Å². The zero-order chi connectivity index (χ0) is 22.6. The highest BCUT2D eigenvalue weighted by atomic mass is 28.3. The molecule has 0 N–H and O–H groups in total. The molecule has 2 aromatic rings. The summed E-state index contributed by atoms with van der Waals surface area (Å²) in [7, 11) is 0.293. The lowest BCUT2D eigenvalue weighted by Gasteiger charge is -2.23. The third-order valence-electron chi connectivity index (χ3n) is 4.46. The predicted molar refractivity (Wildman–Crippen MR) is 109 cm³/mol. The van der Waals surface area contributed by atoms with E-state index in [1.165, 1.54) is 11.3 Å². The third kappa shape index (κ3) is 5.22. The molecule has 0 aliphatic carbocycles. The lowest BCUT2D eigenvalue weighted by molar-refractivity contribution is -0.659. The van der Waals surface area contributed by atoms with Crippen molar-refractivity contribution in [1.29, 1.82) is 0 Å². The van der Waals surface area contributed by atoms with Crippen molar-refractivity contribution in [1.82, 2.24) is 0 Å². The molecule has 1 aromatic heterocycles. The van der Waals surface area contributed by atoms with E-state index in [1.807, 2.05) is 29.9 Å². The fraction of sp³-hybridized carbons (Fsp3) is 0.500. The average Bonchev–Trinajstić information content (AvgIpc) is 2.51. The number of pyridine rings is 1. The summed E-state index contributed by atoms with van der Waals surface area (Å²) in [5, 5.41) is 1.22. The molecule has 5 heteroatoms. The Kier molecular flexibility index (Phi) is 4.91. The average molecular weight is 397 g/mol. The molecule has 1 aromatic carbocycles. The first-order valence-corrected chi connectivity index (χ1v) is 12.6. The van der Waals surface area contributed by atoms with Crippen LogP contribution in [0.15, 0.2) is 30.5 Å². The van der Waals surface area contributed by atoms with E-state index < -0.39 is 31.6 Å². The second-order valence-electron chi connectivity index (χ2n) is 9.25. The smallest absolute Gasteiger partial charge is 0.201 e. The van der Waals surface area contributed by atoms with Gasteiger partial charge in [0.05, 0.1) is 13.6 Å². The molecule has 0 aliphatic rings. The van der Waals surface area contributed by atoms with Crippen LogP contribution in [-0.4, -0.2) is 8.07 Å². The minimum absolute atomic E-state index is 0.305. The zero-order valence-corrected chi connectivity index (χ0v) is 18.5. The molecule has 0 unspecified atom stereocenters. The Labute approximate surface area is 165 Å². The van der Waals surface area contributed by atoms with Crippen LogP contribution in [0, 0.1) is 12.3 Å². The molecule has 0 spiro atoms. The SMILES string of the molecule is [2H]C([2H])(c1cc(C)c(-c2ccc([Si](C)(C)C)c[n+]2C)cc1C(F)(F)F)C(C)(C)C. The number of alkyl halides is 3. The molecule has 0 radical (unpaired) electrons. The lowest BCUT2D eigenvalue weighted by Crippen LogP contribution is -2.45. The number of hydrogen-bond acceptors (Lipinski definition) is 0. The van der Waals surface area contributed by atoms with Crippen LogP contribution in [0.1, 0.15) is 40.2 Å². The van der Waals surface area contributed by atoms with Gasteiger partial charge in [-0.1, -0.05) is 52.5 Å². The van der Waals surface area contributed by atoms with Crippen LogP contribution in [0.25, 0.3) is 11.3 Å². The van der Waals surface area contributed by atoms with Gasteiger partial charge in [-0.25, -0.2) is 4.57 Å². The number of halogens is 3. The monoisotopic (exact) mass is 396 g/mol. The molecule has 0 saturated heterocycles. The van der Waals surface area contributed by atoms with Gasteiger partial charge < -0.3 is 0 Å². The zero-order valence-electron chi connectivity index (χ0n) is 19.5. The van der Waals surface area contributed by atoms with Crippen LogP contribution in [0.5, 0.6) is 0 Å². The van der Waals surface area contributed by atoms with E-state index in [0.717, 1.165) is 6.07 Å². The molecule has 0 aliphatic heterocycles. The summed E-state index contributed by atoms with van der Waals surface area (Å²) in [6.45, 7) is 13.3. The van der Waals surface area contributed by atoms with Crippen molar-refractivity contribution in [3.05, 3.63) is 47.2 Å². The topological polar surface area (TPSA) is 3.88 Å². The van der Waals surface area contributed by atoms with E-state index in [0.29, 0.717) is 16.8 Å². The number of nitrogens with zero attached hydrogens (tertiary/aromatic N) is 1. The summed E-state index contributed by atoms with van der Waals surface area (Å²) in [4.78, 5) is 0. The van der Waals surface area contributed by atoms with Crippen molar-refractivity contribution in [2.24, 2.45) is 12.5 Å². The van der Waals surface area contributed by atoms with Crippen LogP contribution in [0.2, 0.25) is 19.6 Å². The number of aryl methyl sites for hydroxylation is 2. The highest BCUT2D eigenvalue weighted by Gasteiger charge is 2.35. The Morgan fingerprint density at radius 3 is 2.11 bits per heavy atom. The predicted octanol–water partition coefficient (Wildman–Crippen LogP) is 5.64. The molecule has 2 rings (SSSR count). The van der Waals surface area contributed by atoms with Gasteiger partial charge >= 0.3 is 6.18 Å². The van der Waals surface area contributed by atoms with Gasteiger partial charge in [0.2, 0.25) is 5.69 Å². The van der Waals surface area contributed by atoms with Crippen molar-refractivity contribution < 1.29 is 20.5 Å². The van der Waals surface area contributed by atoms with E-state index in [2.05, 4.69) is 19.6 Å². The van der Waals surface area contributed by atoms with Gasteiger partial charge in [-0.2, -0.15) is 13.2 Å². The van der Waals surface area contributed by atoms with Crippen LogP contribution >= 0.6 is 0 Å². The fourth-order valence-electron chi connectivity index (χ4n) is 3.06. The molecule has 0 fully saturated rings. The van der Waals surface area contributed by atoms with Gasteiger partial charge in [0.15, 0.2) is 6.20 Å². The Morgan fingerprint density at radius 2 is 1.67 bits per heavy atom.